The van der Waals surface area contributed by atoms with Crippen LogP contribution in [0.1, 0.15) is 13.8 Å². The normalized spacial score (nSPS) is 12.6. The number of rotatable bonds is 5. The van der Waals surface area contributed by atoms with E-state index < -0.39 is 12.0 Å². The molecule has 0 aromatic carbocycles. The van der Waals surface area contributed by atoms with Gasteiger partial charge < -0.3 is 4.90 Å². The second-order valence-corrected chi connectivity index (χ2v) is 2.78. The molecule has 0 unspecified atom stereocenters. The van der Waals surface area contributed by atoms with Crippen LogP contribution >= 0.6 is 0 Å². The minimum Gasteiger partial charge on any atom is -0.378 e. The summed E-state index contributed by atoms with van der Waals surface area (Å²) in [5.74, 6) is -1.84. The van der Waals surface area contributed by atoms with Crippen molar-refractivity contribution >= 4 is 5.78 Å². The summed E-state index contributed by atoms with van der Waals surface area (Å²) in [6.07, 6.45) is -0.121. The molecule has 2 nitrogen and oxygen atoms in total. The zero-order valence-electron chi connectivity index (χ0n) is 8.71. The summed E-state index contributed by atoms with van der Waals surface area (Å²) in [5.41, 5.74) is 0. The smallest absolute Gasteiger partial charge is 0.378 e. The van der Waals surface area contributed by atoms with E-state index in [-0.39, 0.29) is 0 Å². The fraction of sp³-hybridized carbons (Fsp3) is 0.500. The summed E-state index contributed by atoms with van der Waals surface area (Å²) >= 11 is 0. The molecule has 0 aromatic heterocycles. The van der Waals surface area contributed by atoms with Gasteiger partial charge in [-0.25, -0.2) is 0 Å². The van der Waals surface area contributed by atoms with Crippen molar-refractivity contribution in [3.8, 4) is 0 Å². The molecule has 86 valence electrons. The lowest BCUT2D eigenvalue weighted by molar-refractivity contribution is -0.165. The van der Waals surface area contributed by atoms with Crippen molar-refractivity contribution in [1.82, 2.24) is 4.90 Å². The van der Waals surface area contributed by atoms with E-state index in [2.05, 4.69) is 0 Å². The van der Waals surface area contributed by atoms with E-state index in [1.54, 1.807) is 6.20 Å². The van der Waals surface area contributed by atoms with Gasteiger partial charge in [-0.15, -0.1) is 0 Å². The maximum Gasteiger partial charge on any atom is 0.454 e. The molecule has 0 heterocycles. The monoisotopic (exact) mass is 221 g/mol. The molecule has 0 N–H and O–H groups in total. The second-order valence-electron chi connectivity index (χ2n) is 2.78. The first-order chi connectivity index (χ1) is 6.91. The van der Waals surface area contributed by atoms with Crippen molar-refractivity contribution in [2.75, 3.05) is 13.1 Å². The summed E-state index contributed by atoms with van der Waals surface area (Å²) in [6.45, 7) is 5.40. The van der Waals surface area contributed by atoms with E-state index in [0.29, 0.717) is 6.08 Å². The van der Waals surface area contributed by atoms with Crippen LogP contribution in [-0.4, -0.2) is 29.9 Å². The number of carbonyl (C=O) groups is 1. The van der Waals surface area contributed by atoms with E-state index in [1.807, 2.05) is 18.7 Å². The fourth-order valence-electron chi connectivity index (χ4n) is 0.843. The predicted molar refractivity (Wildman–Crippen MR) is 52.3 cm³/mol. The predicted octanol–water partition coefficient (Wildman–Crippen LogP) is 2.53. The number of nitrogens with zero attached hydrogens (tertiary/aromatic N) is 1. The molecular weight excluding hydrogens is 207 g/mol. The van der Waals surface area contributed by atoms with Crippen molar-refractivity contribution in [3.63, 3.8) is 0 Å². The van der Waals surface area contributed by atoms with Gasteiger partial charge in [-0.3, -0.25) is 4.79 Å². The largest absolute Gasteiger partial charge is 0.454 e. The van der Waals surface area contributed by atoms with E-state index in [1.165, 1.54) is 6.08 Å². The van der Waals surface area contributed by atoms with Crippen molar-refractivity contribution in [2.45, 2.75) is 20.0 Å². The molecular formula is C10H14F3NO. The van der Waals surface area contributed by atoms with E-state index in [4.69, 9.17) is 0 Å². The van der Waals surface area contributed by atoms with Gasteiger partial charge in [0.15, 0.2) is 0 Å². The third-order valence-corrected chi connectivity index (χ3v) is 1.75. The lowest BCUT2D eigenvalue weighted by atomic mass is 10.3. The van der Waals surface area contributed by atoms with Gasteiger partial charge in [0.25, 0.3) is 5.78 Å². The number of alkyl halides is 3. The number of allylic oxidation sites excluding steroid dienone is 3. The van der Waals surface area contributed by atoms with Crippen LogP contribution in [0.5, 0.6) is 0 Å². The number of hydrogen-bond acceptors (Lipinski definition) is 2. The number of halogens is 3. The highest BCUT2D eigenvalue weighted by atomic mass is 19.4. The number of carbonyl (C=O) groups excluding carboxylic acids is 1. The van der Waals surface area contributed by atoms with E-state index in [9.17, 15) is 18.0 Å². The maximum absolute atomic E-state index is 11.7. The fourth-order valence-corrected chi connectivity index (χ4v) is 0.843. The molecule has 0 saturated carbocycles. The molecule has 15 heavy (non-hydrogen) atoms. The highest BCUT2D eigenvalue weighted by Gasteiger charge is 2.35. The molecule has 5 heteroatoms. The molecule has 0 aliphatic rings. The average Bonchev–Trinajstić information content (AvgIpc) is 2.16. The third kappa shape index (κ3) is 5.93. The van der Waals surface area contributed by atoms with Gasteiger partial charge in [0.1, 0.15) is 0 Å². The Morgan fingerprint density at radius 3 is 2.13 bits per heavy atom. The minimum atomic E-state index is -4.78. The molecule has 0 amide bonds. The van der Waals surface area contributed by atoms with Gasteiger partial charge in [0.2, 0.25) is 0 Å². The second kappa shape index (κ2) is 6.27. The highest BCUT2D eigenvalue weighted by molar-refractivity contribution is 5.94. The lowest BCUT2D eigenvalue weighted by Gasteiger charge is -2.13. The van der Waals surface area contributed by atoms with Crippen LogP contribution in [-0.2, 0) is 4.79 Å². The van der Waals surface area contributed by atoms with Crippen LogP contribution in [0.25, 0.3) is 0 Å². The molecule has 0 bridgehead atoms. The Hall–Kier alpha value is -1.26. The first kappa shape index (κ1) is 13.7. The highest BCUT2D eigenvalue weighted by Crippen LogP contribution is 2.16. The molecule has 0 aliphatic heterocycles. The van der Waals surface area contributed by atoms with Crippen molar-refractivity contribution < 1.29 is 18.0 Å². The molecule has 0 atom stereocenters. The molecule has 0 fully saturated rings. The molecule has 0 saturated heterocycles. The lowest BCUT2D eigenvalue weighted by Crippen LogP contribution is -2.19. The standard InChI is InChI=1S/C10H14F3NO/c1-3-14(4-2)8-6-5-7-9(15)10(11,12)13/h5-8H,3-4H2,1-2H3/b7-5+,8-6+. The van der Waals surface area contributed by atoms with Crippen LogP contribution in [0, 0.1) is 0 Å². The maximum atomic E-state index is 11.7. The van der Waals surface area contributed by atoms with Gasteiger partial charge in [0.05, 0.1) is 0 Å². The minimum absolute atomic E-state index is 0.514. The van der Waals surface area contributed by atoms with Crippen LogP contribution in [0.15, 0.2) is 24.4 Å². The molecule has 0 radical (unpaired) electrons. The van der Waals surface area contributed by atoms with Gasteiger partial charge in [-0.05, 0) is 32.2 Å². The van der Waals surface area contributed by atoms with Crippen molar-refractivity contribution in [3.05, 3.63) is 24.4 Å². The Kier molecular flexibility index (Phi) is 5.74. The Bertz CT molecular complexity index is 252. The summed E-state index contributed by atoms with van der Waals surface area (Å²) in [7, 11) is 0. The average molecular weight is 221 g/mol. The summed E-state index contributed by atoms with van der Waals surface area (Å²) in [6, 6.07) is 0. The van der Waals surface area contributed by atoms with Crippen LogP contribution in [0.2, 0.25) is 0 Å². The van der Waals surface area contributed by atoms with Gasteiger partial charge in [-0.1, -0.05) is 6.08 Å². The van der Waals surface area contributed by atoms with Gasteiger partial charge in [-0.2, -0.15) is 13.2 Å². The summed E-state index contributed by atoms with van der Waals surface area (Å²) < 4.78 is 35.2. The zero-order valence-corrected chi connectivity index (χ0v) is 8.71. The topological polar surface area (TPSA) is 20.3 Å². The quantitative estimate of drug-likeness (QED) is 0.525. The molecule has 0 spiro atoms. The SMILES string of the molecule is CCN(/C=C/C=C/C(=O)C(F)(F)F)CC. The van der Waals surface area contributed by atoms with Gasteiger partial charge in [0, 0.05) is 13.1 Å². The number of ketones is 1. The number of hydrogen-bond donors (Lipinski definition) is 0. The Morgan fingerprint density at radius 1 is 1.20 bits per heavy atom. The summed E-state index contributed by atoms with van der Waals surface area (Å²) in [5, 5.41) is 0. The van der Waals surface area contributed by atoms with E-state index >= 15 is 0 Å². The Labute approximate surface area is 87.1 Å². The Morgan fingerprint density at radius 2 is 1.73 bits per heavy atom. The van der Waals surface area contributed by atoms with Crippen LogP contribution in [0.4, 0.5) is 13.2 Å². The Balaban J connectivity index is 4.15. The van der Waals surface area contributed by atoms with E-state index in [0.717, 1.165) is 19.2 Å². The van der Waals surface area contributed by atoms with Gasteiger partial charge >= 0.3 is 6.18 Å². The molecule has 0 rings (SSSR count). The van der Waals surface area contributed by atoms with Crippen LogP contribution in [0.3, 0.4) is 0 Å². The summed E-state index contributed by atoms with van der Waals surface area (Å²) in [4.78, 5) is 12.3. The first-order valence-corrected chi connectivity index (χ1v) is 4.61. The first-order valence-electron chi connectivity index (χ1n) is 4.61. The third-order valence-electron chi connectivity index (χ3n) is 1.75. The molecule has 0 aromatic rings. The molecule has 0 aliphatic carbocycles. The van der Waals surface area contributed by atoms with Crippen molar-refractivity contribution in [2.24, 2.45) is 0 Å². The van der Waals surface area contributed by atoms with Crippen LogP contribution < -0.4 is 0 Å². The van der Waals surface area contributed by atoms with Crippen molar-refractivity contribution in [1.29, 1.82) is 0 Å². The zero-order chi connectivity index (χ0) is 11.9.